The Morgan fingerprint density at radius 3 is 1.40 bits per heavy atom. The highest BCUT2D eigenvalue weighted by Crippen LogP contribution is 2.35. The summed E-state index contributed by atoms with van der Waals surface area (Å²) < 4.78 is 16.3. The minimum atomic E-state index is 0.158. The normalized spacial score (nSPS) is 10.9. The Bertz CT molecular complexity index is 672. The highest BCUT2D eigenvalue weighted by atomic mass is 16.5. The highest BCUT2D eigenvalue weighted by Gasteiger charge is 2.13. The monoisotopic (exact) mass is 346 g/mol. The zero-order chi connectivity index (χ0) is 18.4. The minimum Gasteiger partial charge on any atom is -0.507 e. The van der Waals surface area contributed by atoms with Gasteiger partial charge in [-0.25, -0.2) is 0 Å². The van der Waals surface area contributed by atoms with Crippen molar-refractivity contribution < 1.29 is 24.4 Å². The summed E-state index contributed by atoms with van der Waals surface area (Å²) >= 11 is 0. The van der Waals surface area contributed by atoms with E-state index in [0.29, 0.717) is 28.4 Å². The number of methoxy groups -OCH3 is 2. The van der Waals surface area contributed by atoms with E-state index in [1.165, 1.54) is 0 Å². The van der Waals surface area contributed by atoms with Crippen molar-refractivity contribution in [1.82, 2.24) is 0 Å². The summed E-state index contributed by atoms with van der Waals surface area (Å²) in [5, 5.41) is 20.5. The smallest absolute Gasteiger partial charge is 0.128 e. The second-order valence-corrected chi connectivity index (χ2v) is 5.86. The second kappa shape index (κ2) is 8.74. The van der Waals surface area contributed by atoms with Gasteiger partial charge in [-0.05, 0) is 48.2 Å². The van der Waals surface area contributed by atoms with Crippen molar-refractivity contribution in [3.8, 4) is 23.0 Å². The van der Waals surface area contributed by atoms with Gasteiger partial charge in [-0.2, -0.15) is 0 Å². The van der Waals surface area contributed by atoms with Crippen LogP contribution in [0.15, 0.2) is 24.3 Å². The van der Waals surface area contributed by atoms with Crippen LogP contribution in [0.4, 0.5) is 0 Å². The molecule has 2 N–H and O–H groups in total. The Morgan fingerprint density at radius 1 is 0.680 bits per heavy atom. The molecule has 136 valence electrons. The van der Waals surface area contributed by atoms with Crippen LogP contribution >= 0.6 is 0 Å². The fourth-order valence-corrected chi connectivity index (χ4v) is 2.78. The Kier molecular flexibility index (Phi) is 6.67. The zero-order valence-corrected chi connectivity index (χ0v) is 15.3. The average molecular weight is 346 g/mol. The predicted octanol–water partition coefficient (Wildman–Crippen LogP) is 4.31. The summed E-state index contributed by atoms with van der Waals surface area (Å²) in [6, 6.07) is 7.19. The molecule has 25 heavy (non-hydrogen) atoms. The van der Waals surface area contributed by atoms with E-state index < -0.39 is 0 Å². The lowest BCUT2D eigenvalue weighted by molar-refractivity contribution is 0.174. The number of benzene rings is 2. The van der Waals surface area contributed by atoms with Gasteiger partial charge in [0.25, 0.3) is 0 Å². The van der Waals surface area contributed by atoms with Gasteiger partial charge in [0.05, 0.1) is 13.2 Å². The van der Waals surface area contributed by atoms with Gasteiger partial charge in [0.15, 0.2) is 0 Å². The lowest BCUT2D eigenvalue weighted by atomic mass is 10.0. The van der Waals surface area contributed by atoms with E-state index in [-0.39, 0.29) is 19.0 Å². The van der Waals surface area contributed by atoms with Gasteiger partial charge >= 0.3 is 0 Å². The molecule has 0 aromatic heterocycles. The van der Waals surface area contributed by atoms with Gasteiger partial charge in [0.1, 0.15) is 23.0 Å². The lowest BCUT2D eigenvalue weighted by Crippen LogP contribution is -1.98. The topological polar surface area (TPSA) is 68.2 Å². The second-order valence-electron chi connectivity index (χ2n) is 5.86. The number of ether oxygens (including phenoxy) is 3. The molecule has 2 aromatic rings. The van der Waals surface area contributed by atoms with Crippen molar-refractivity contribution in [3.63, 3.8) is 0 Å². The molecule has 0 radical (unpaired) electrons. The molecular weight excluding hydrogens is 320 g/mol. The van der Waals surface area contributed by atoms with Gasteiger partial charge < -0.3 is 24.4 Å². The predicted molar refractivity (Wildman–Crippen MR) is 96.5 cm³/mol. The van der Waals surface area contributed by atoms with Crippen LogP contribution in [0.2, 0.25) is 0 Å². The van der Waals surface area contributed by atoms with Crippen molar-refractivity contribution in [3.05, 3.63) is 46.5 Å². The molecule has 0 amide bonds. The zero-order valence-electron chi connectivity index (χ0n) is 15.3. The third-order valence-corrected chi connectivity index (χ3v) is 4.08. The first-order chi connectivity index (χ1) is 12.0. The Morgan fingerprint density at radius 2 is 1.04 bits per heavy atom. The Balaban J connectivity index is 2.42. The SMILES string of the molecule is CCc1cc(Oc2cc(COC)c(O)c(COC)c2)cc(CC)c1O. The molecule has 0 heterocycles. The van der Waals surface area contributed by atoms with Crippen LogP contribution in [-0.2, 0) is 35.5 Å². The molecule has 0 aliphatic rings. The first-order valence-electron chi connectivity index (χ1n) is 8.39. The minimum absolute atomic E-state index is 0.158. The molecule has 5 nitrogen and oxygen atoms in total. The van der Waals surface area contributed by atoms with Crippen LogP contribution < -0.4 is 4.74 Å². The Labute approximate surface area is 148 Å². The summed E-state index contributed by atoms with van der Waals surface area (Å²) in [7, 11) is 3.15. The third-order valence-electron chi connectivity index (χ3n) is 4.08. The summed E-state index contributed by atoms with van der Waals surface area (Å²) in [6.45, 7) is 4.53. The number of phenols is 2. The number of phenolic OH excluding ortho intramolecular Hbond substituents is 2. The van der Waals surface area contributed by atoms with Gasteiger partial charge in [-0.1, -0.05) is 13.8 Å². The molecule has 0 saturated carbocycles. The lowest BCUT2D eigenvalue weighted by Gasteiger charge is -2.15. The molecule has 2 aromatic carbocycles. The van der Waals surface area contributed by atoms with Gasteiger partial charge in [-0.3, -0.25) is 0 Å². The average Bonchev–Trinajstić information content (AvgIpc) is 2.60. The van der Waals surface area contributed by atoms with Crippen LogP contribution in [-0.4, -0.2) is 24.4 Å². The number of rotatable bonds is 8. The van der Waals surface area contributed by atoms with Crippen LogP contribution in [0, 0.1) is 0 Å². The maximum absolute atomic E-state index is 10.3. The van der Waals surface area contributed by atoms with E-state index in [4.69, 9.17) is 14.2 Å². The highest BCUT2D eigenvalue weighted by molar-refractivity contribution is 5.50. The van der Waals surface area contributed by atoms with Gasteiger partial charge in [0.2, 0.25) is 0 Å². The maximum Gasteiger partial charge on any atom is 0.128 e. The molecule has 0 aliphatic heterocycles. The van der Waals surface area contributed by atoms with Gasteiger partial charge in [0, 0.05) is 25.3 Å². The first kappa shape index (κ1) is 19.1. The molecule has 0 fully saturated rings. The summed E-state index contributed by atoms with van der Waals surface area (Å²) in [5.41, 5.74) is 2.97. The largest absolute Gasteiger partial charge is 0.507 e. The first-order valence-corrected chi connectivity index (χ1v) is 8.39. The molecule has 5 heteroatoms. The van der Waals surface area contributed by atoms with Crippen LogP contribution in [0.3, 0.4) is 0 Å². The number of aromatic hydroxyl groups is 2. The van der Waals surface area contributed by atoms with Crippen molar-refractivity contribution in [2.75, 3.05) is 14.2 Å². The standard InChI is InChI=1S/C20H26O5/c1-5-13-7-17(8-14(6-2)19(13)21)25-18-9-15(11-23-3)20(22)16(10-18)12-24-4/h7-10,21-22H,5-6,11-12H2,1-4H3. The van der Waals surface area contributed by atoms with Crippen LogP contribution in [0.25, 0.3) is 0 Å². The molecule has 0 unspecified atom stereocenters. The van der Waals surface area contributed by atoms with Crippen LogP contribution in [0.1, 0.15) is 36.1 Å². The molecule has 0 saturated heterocycles. The van der Waals surface area contributed by atoms with Crippen LogP contribution in [0.5, 0.6) is 23.0 Å². The van der Waals surface area contributed by atoms with E-state index in [1.54, 1.807) is 26.4 Å². The number of hydrogen-bond donors (Lipinski definition) is 2. The molecule has 0 aliphatic carbocycles. The van der Waals surface area contributed by atoms with Crippen molar-refractivity contribution in [1.29, 1.82) is 0 Å². The molecule has 0 atom stereocenters. The number of hydrogen-bond acceptors (Lipinski definition) is 5. The molecular formula is C20H26O5. The van der Waals surface area contributed by atoms with E-state index in [2.05, 4.69) is 0 Å². The van der Waals surface area contributed by atoms with E-state index >= 15 is 0 Å². The molecule has 2 rings (SSSR count). The molecule has 0 spiro atoms. The summed E-state index contributed by atoms with van der Waals surface area (Å²) in [6.07, 6.45) is 1.44. The van der Waals surface area contributed by atoms with E-state index in [0.717, 1.165) is 24.0 Å². The van der Waals surface area contributed by atoms with Gasteiger partial charge in [-0.15, -0.1) is 0 Å². The fraction of sp³-hybridized carbons (Fsp3) is 0.400. The van der Waals surface area contributed by atoms with Crippen molar-refractivity contribution >= 4 is 0 Å². The Hall–Kier alpha value is -2.24. The molecule has 0 bridgehead atoms. The summed E-state index contributed by atoms with van der Waals surface area (Å²) in [5.74, 6) is 1.74. The van der Waals surface area contributed by atoms with Crippen molar-refractivity contribution in [2.45, 2.75) is 39.9 Å². The maximum atomic E-state index is 10.3. The number of aryl methyl sites for hydroxylation is 2. The van der Waals surface area contributed by atoms with E-state index in [9.17, 15) is 10.2 Å². The summed E-state index contributed by atoms with van der Waals surface area (Å²) in [4.78, 5) is 0. The van der Waals surface area contributed by atoms with Crippen molar-refractivity contribution in [2.24, 2.45) is 0 Å². The third kappa shape index (κ3) is 4.44. The fourth-order valence-electron chi connectivity index (χ4n) is 2.78. The van der Waals surface area contributed by atoms with E-state index in [1.807, 2.05) is 26.0 Å². The quantitative estimate of drug-likeness (QED) is 0.745.